The number of hydrogen-bond acceptors (Lipinski definition) is 1. The molecule has 0 N–H and O–H groups in total. The Kier molecular flexibility index (Phi) is 6.07. The van der Waals surface area contributed by atoms with E-state index in [1.807, 2.05) is 66.7 Å². The van der Waals surface area contributed by atoms with Crippen molar-refractivity contribution < 1.29 is 10.0 Å². The molecule has 0 saturated heterocycles. The van der Waals surface area contributed by atoms with Crippen LogP contribution >= 0.6 is 7.14 Å². The van der Waals surface area contributed by atoms with Gasteiger partial charge in [-0.25, -0.2) is 0 Å². The summed E-state index contributed by atoms with van der Waals surface area (Å²) in [4.78, 5) is 0. The van der Waals surface area contributed by atoms with Crippen LogP contribution in [0, 0.1) is 0 Å². The summed E-state index contributed by atoms with van der Waals surface area (Å²) in [5.41, 5.74) is 2.91. The lowest BCUT2D eigenvalue weighted by molar-refractivity contribution is 0.452. The van der Waals surface area contributed by atoms with Crippen molar-refractivity contribution in [2.75, 3.05) is 0 Å². The van der Waals surface area contributed by atoms with Crippen molar-refractivity contribution in [3.63, 3.8) is 0 Å². The van der Waals surface area contributed by atoms with Gasteiger partial charge in [-0.1, -0.05) is 123 Å². The standard InChI is InChI=1S/C32H37OP/c33-34(28-19-9-3-10-20-28,29-21-11-4-12-22-29)32-24-14-13-23-30(32)31(27-17-7-2-8-18-27)25-26-15-5-1-6-16-26/h1-2,5-8,13-18,23-25,28-29H,3-4,9-12,19-22H2/b31-25+/i13D,14D,23D,24D. The van der Waals surface area contributed by atoms with Crippen LogP contribution in [0.2, 0.25) is 0 Å². The fourth-order valence-corrected chi connectivity index (χ4v) is 10.3. The fourth-order valence-electron chi connectivity index (χ4n) is 5.99. The van der Waals surface area contributed by atoms with E-state index in [0.717, 1.165) is 75.3 Å². The van der Waals surface area contributed by atoms with E-state index in [-0.39, 0.29) is 35.5 Å². The van der Waals surface area contributed by atoms with Gasteiger partial charge in [0.25, 0.3) is 0 Å². The lowest BCUT2D eigenvalue weighted by Crippen LogP contribution is -2.31. The molecule has 5 rings (SSSR count). The topological polar surface area (TPSA) is 17.1 Å². The van der Waals surface area contributed by atoms with Crippen LogP contribution in [-0.2, 0) is 4.57 Å². The van der Waals surface area contributed by atoms with Crippen molar-refractivity contribution >= 4 is 24.1 Å². The fraction of sp³-hybridized carbons (Fsp3) is 0.375. The zero-order valence-corrected chi connectivity index (χ0v) is 20.8. The molecular weight excluding hydrogens is 431 g/mol. The zero-order valence-electron chi connectivity index (χ0n) is 23.9. The van der Waals surface area contributed by atoms with Crippen LogP contribution in [-0.4, -0.2) is 11.3 Å². The lowest BCUT2D eigenvalue weighted by Gasteiger charge is -2.39. The summed E-state index contributed by atoms with van der Waals surface area (Å²) in [5, 5.41) is 0.410. The van der Waals surface area contributed by atoms with Crippen LogP contribution in [0.1, 0.15) is 86.4 Å². The van der Waals surface area contributed by atoms with Crippen molar-refractivity contribution in [2.24, 2.45) is 0 Å². The largest absolute Gasteiger partial charge is 0.318 e. The molecule has 0 amide bonds. The monoisotopic (exact) mass is 472 g/mol. The molecule has 1 nitrogen and oxygen atoms in total. The maximum Gasteiger partial charge on any atom is 0.122 e. The van der Waals surface area contributed by atoms with E-state index in [0.29, 0.717) is 16.4 Å². The van der Waals surface area contributed by atoms with Crippen LogP contribution < -0.4 is 5.30 Å². The molecule has 2 saturated carbocycles. The Morgan fingerprint density at radius 3 is 1.85 bits per heavy atom. The molecule has 2 aliphatic carbocycles. The third-order valence-electron chi connectivity index (χ3n) is 7.72. The van der Waals surface area contributed by atoms with Crippen molar-refractivity contribution in [1.82, 2.24) is 0 Å². The van der Waals surface area contributed by atoms with Gasteiger partial charge in [-0.3, -0.25) is 0 Å². The highest BCUT2D eigenvalue weighted by molar-refractivity contribution is 7.73. The molecule has 2 heteroatoms. The molecular formula is C32H37OP. The predicted molar refractivity (Wildman–Crippen MR) is 147 cm³/mol. The first-order valence-electron chi connectivity index (χ1n) is 15.0. The Bertz CT molecular complexity index is 1320. The highest BCUT2D eigenvalue weighted by atomic mass is 31.2. The van der Waals surface area contributed by atoms with Crippen LogP contribution in [0.25, 0.3) is 11.6 Å². The van der Waals surface area contributed by atoms with E-state index in [1.54, 1.807) is 0 Å². The maximum absolute atomic E-state index is 15.8. The maximum atomic E-state index is 15.8. The Labute approximate surface area is 211 Å². The van der Waals surface area contributed by atoms with Gasteiger partial charge in [0.1, 0.15) is 7.14 Å². The Balaban J connectivity index is 1.85. The molecule has 3 aromatic carbocycles. The molecule has 3 aromatic rings. The SMILES string of the molecule is [2H]c1c([2H])c([2H])c(P(=O)(C2CCCCC2)C2CCCCC2)c(/C(=C/c2ccccc2)c2ccccc2)c1[2H]. The van der Waals surface area contributed by atoms with Gasteiger partial charge in [0, 0.05) is 16.6 Å². The van der Waals surface area contributed by atoms with Crippen LogP contribution in [0.3, 0.4) is 0 Å². The summed E-state index contributed by atoms with van der Waals surface area (Å²) in [6, 6.07) is 19.0. The predicted octanol–water partition coefficient (Wildman–Crippen LogP) is 8.93. The Morgan fingerprint density at radius 2 is 1.26 bits per heavy atom. The highest BCUT2D eigenvalue weighted by Crippen LogP contribution is 2.62. The van der Waals surface area contributed by atoms with Gasteiger partial charge in [0.2, 0.25) is 0 Å². The van der Waals surface area contributed by atoms with E-state index in [2.05, 4.69) is 0 Å². The Morgan fingerprint density at radius 1 is 0.735 bits per heavy atom. The van der Waals surface area contributed by atoms with Crippen LogP contribution in [0.4, 0.5) is 0 Å². The summed E-state index contributed by atoms with van der Waals surface area (Å²) >= 11 is 0. The lowest BCUT2D eigenvalue weighted by atomic mass is 9.95. The normalized spacial score (nSPS) is 20.3. The van der Waals surface area contributed by atoms with E-state index >= 15 is 4.57 Å². The second kappa shape index (κ2) is 10.9. The van der Waals surface area contributed by atoms with Crippen molar-refractivity contribution in [1.29, 1.82) is 0 Å². The third kappa shape index (κ3) is 4.87. The summed E-state index contributed by atoms with van der Waals surface area (Å²) < 4.78 is 51.5. The molecule has 2 fully saturated rings. The van der Waals surface area contributed by atoms with E-state index < -0.39 is 7.14 Å². The molecule has 0 unspecified atom stereocenters. The van der Waals surface area contributed by atoms with Crippen molar-refractivity contribution in [3.8, 4) is 0 Å². The number of hydrogen-bond donors (Lipinski definition) is 0. The summed E-state index contributed by atoms with van der Waals surface area (Å²) in [6.07, 6.45) is 11.9. The molecule has 34 heavy (non-hydrogen) atoms. The average Bonchev–Trinajstić information content (AvgIpc) is 2.98. The van der Waals surface area contributed by atoms with Gasteiger partial charge in [-0.05, 0) is 54.0 Å². The minimum atomic E-state index is -3.20. The number of benzene rings is 3. The van der Waals surface area contributed by atoms with Gasteiger partial charge >= 0.3 is 0 Å². The third-order valence-corrected chi connectivity index (χ3v) is 12.0. The average molecular weight is 473 g/mol. The summed E-state index contributed by atoms with van der Waals surface area (Å²) in [5.74, 6) is 0. The first kappa shape index (κ1) is 18.9. The second-order valence-electron chi connectivity index (χ2n) is 9.85. The van der Waals surface area contributed by atoms with Gasteiger partial charge in [-0.2, -0.15) is 0 Å². The van der Waals surface area contributed by atoms with E-state index in [9.17, 15) is 2.74 Å². The smallest absolute Gasteiger partial charge is 0.122 e. The molecule has 0 spiro atoms. The van der Waals surface area contributed by atoms with Crippen molar-refractivity contribution in [2.45, 2.75) is 75.5 Å². The molecule has 0 bridgehead atoms. The first-order valence-corrected chi connectivity index (χ1v) is 14.8. The van der Waals surface area contributed by atoms with E-state index in [1.165, 1.54) is 0 Å². The number of rotatable bonds is 6. The minimum absolute atomic E-state index is 0.0219. The summed E-state index contributed by atoms with van der Waals surface area (Å²) in [6.45, 7) is 0. The van der Waals surface area contributed by atoms with Gasteiger partial charge in [0.15, 0.2) is 0 Å². The first-order chi connectivity index (χ1) is 18.4. The molecule has 2 aliphatic rings. The molecule has 0 atom stereocenters. The van der Waals surface area contributed by atoms with Crippen LogP contribution in [0.5, 0.6) is 0 Å². The molecule has 0 aromatic heterocycles. The molecule has 0 radical (unpaired) electrons. The molecule has 176 valence electrons. The van der Waals surface area contributed by atoms with Gasteiger partial charge in [0.05, 0.1) is 5.48 Å². The van der Waals surface area contributed by atoms with Gasteiger partial charge < -0.3 is 4.57 Å². The quantitative estimate of drug-likeness (QED) is 0.258. The second-order valence-corrected chi connectivity index (χ2v) is 13.2. The van der Waals surface area contributed by atoms with Crippen LogP contribution in [0.15, 0.2) is 84.8 Å². The van der Waals surface area contributed by atoms with E-state index in [4.69, 9.17) is 2.74 Å². The van der Waals surface area contributed by atoms with Gasteiger partial charge in [-0.15, -0.1) is 0 Å². The highest BCUT2D eigenvalue weighted by Gasteiger charge is 2.43. The summed E-state index contributed by atoms with van der Waals surface area (Å²) in [7, 11) is -3.20. The molecule has 0 heterocycles. The minimum Gasteiger partial charge on any atom is -0.318 e. The molecule has 0 aliphatic heterocycles. The Hall–Kier alpha value is -2.37. The zero-order chi connectivity index (χ0) is 26.7. The van der Waals surface area contributed by atoms with Crippen molar-refractivity contribution in [3.05, 3.63) is 102 Å².